The van der Waals surface area contributed by atoms with Crippen molar-refractivity contribution in [2.75, 3.05) is 14.2 Å². The van der Waals surface area contributed by atoms with E-state index in [0.29, 0.717) is 0 Å². The van der Waals surface area contributed by atoms with Crippen LogP contribution in [0.4, 0.5) is 0 Å². The average molecular weight is 181 g/mol. The standard InChI is InChI=1S/C9H15NOSi/c1-10-12(11-2)8-9-6-4-3-5-7-9/h3-7,10,12H,8H2,1-2H3. The highest BCUT2D eigenvalue weighted by atomic mass is 28.3. The lowest BCUT2D eigenvalue weighted by Gasteiger charge is -2.10. The molecule has 0 spiro atoms. The van der Waals surface area contributed by atoms with Crippen molar-refractivity contribution >= 4 is 9.20 Å². The largest absolute Gasteiger partial charge is 0.409 e. The van der Waals surface area contributed by atoms with Crippen molar-refractivity contribution in [3.63, 3.8) is 0 Å². The van der Waals surface area contributed by atoms with Gasteiger partial charge in [0.2, 0.25) is 0 Å². The van der Waals surface area contributed by atoms with Crippen molar-refractivity contribution in [2.45, 2.75) is 6.04 Å². The first-order chi connectivity index (χ1) is 5.86. The molecular formula is C9H15NOSi. The summed E-state index contributed by atoms with van der Waals surface area (Å²) in [5.74, 6) is 0. The van der Waals surface area contributed by atoms with E-state index in [0.717, 1.165) is 6.04 Å². The van der Waals surface area contributed by atoms with Crippen molar-refractivity contribution in [3.8, 4) is 0 Å². The van der Waals surface area contributed by atoms with E-state index in [-0.39, 0.29) is 0 Å². The van der Waals surface area contributed by atoms with Crippen LogP contribution in [0.1, 0.15) is 5.56 Å². The number of rotatable bonds is 4. The number of benzene rings is 1. The Bertz CT molecular complexity index is 211. The van der Waals surface area contributed by atoms with Gasteiger partial charge in [-0.15, -0.1) is 0 Å². The van der Waals surface area contributed by atoms with Crippen molar-refractivity contribution in [3.05, 3.63) is 35.9 Å². The van der Waals surface area contributed by atoms with Crippen molar-refractivity contribution in [1.29, 1.82) is 0 Å². The number of hydrogen-bond donors (Lipinski definition) is 1. The fourth-order valence-electron chi connectivity index (χ4n) is 1.13. The summed E-state index contributed by atoms with van der Waals surface area (Å²) >= 11 is 0. The molecule has 12 heavy (non-hydrogen) atoms. The van der Waals surface area contributed by atoms with Gasteiger partial charge >= 0.3 is 0 Å². The van der Waals surface area contributed by atoms with Crippen LogP contribution in [0.3, 0.4) is 0 Å². The molecule has 1 atom stereocenters. The minimum absolute atomic E-state index is 1.05. The van der Waals surface area contributed by atoms with Crippen LogP contribution in [0.15, 0.2) is 30.3 Å². The smallest absolute Gasteiger partial charge is 0.256 e. The van der Waals surface area contributed by atoms with Gasteiger partial charge in [0.05, 0.1) is 0 Å². The van der Waals surface area contributed by atoms with Gasteiger partial charge in [0.15, 0.2) is 0 Å². The van der Waals surface area contributed by atoms with Crippen LogP contribution in [0.5, 0.6) is 0 Å². The number of hydrogen-bond acceptors (Lipinski definition) is 2. The fourth-order valence-corrected chi connectivity index (χ4v) is 2.44. The maximum Gasteiger partial charge on any atom is 0.256 e. The van der Waals surface area contributed by atoms with E-state index in [1.165, 1.54) is 5.56 Å². The third-order valence-electron chi connectivity index (χ3n) is 1.87. The molecule has 3 heteroatoms. The molecule has 0 amide bonds. The molecule has 0 bridgehead atoms. The lowest BCUT2D eigenvalue weighted by molar-refractivity contribution is 0.409. The molecule has 66 valence electrons. The molecule has 1 unspecified atom stereocenters. The summed E-state index contributed by atoms with van der Waals surface area (Å²) in [7, 11) is 2.57. The molecular weight excluding hydrogens is 166 g/mol. The highest BCUT2D eigenvalue weighted by Crippen LogP contribution is 2.00. The van der Waals surface area contributed by atoms with Gasteiger partial charge in [-0.3, -0.25) is 0 Å². The summed E-state index contributed by atoms with van der Waals surface area (Å²) in [5, 5.41) is 0. The van der Waals surface area contributed by atoms with E-state index in [1.54, 1.807) is 7.11 Å². The molecule has 0 heterocycles. The van der Waals surface area contributed by atoms with Crippen LogP contribution in [0.2, 0.25) is 0 Å². The van der Waals surface area contributed by atoms with Crippen LogP contribution >= 0.6 is 0 Å². The predicted octanol–water partition coefficient (Wildman–Crippen LogP) is 0.855. The lowest BCUT2D eigenvalue weighted by Crippen LogP contribution is -2.35. The molecule has 0 radical (unpaired) electrons. The monoisotopic (exact) mass is 181 g/mol. The molecule has 0 saturated heterocycles. The average Bonchev–Trinajstić information content (AvgIpc) is 2.16. The summed E-state index contributed by atoms with van der Waals surface area (Å²) in [4.78, 5) is 3.22. The lowest BCUT2D eigenvalue weighted by atomic mass is 10.2. The molecule has 1 aromatic carbocycles. The molecule has 0 fully saturated rings. The maximum atomic E-state index is 5.33. The first-order valence-electron chi connectivity index (χ1n) is 4.11. The summed E-state index contributed by atoms with van der Waals surface area (Å²) < 4.78 is 5.33. The fraction of sp³-hybridized carbons (Fsp3) is 0.333. The Hall–Kier alpha value is -0.643. The molecule has 1 N–H and O–H groups in total. The molecule has 1 rings (SSSR count). The topological polar surface area (TPSA) is 21.3 Å². The van der Waals surface area contributed by atoms with Crippen LogP contribution in [-0.4, -0.2) is 23.4 Å². The van der Waals surface area contributed by atoms with Gasteiger partial charge in [0.25, 0.3) is 9.20 Å². The van der Waals surface area contributed by atoms with Crippen LogP contribution in [0.25, 0.3) is 0 Å². The Balaban J connectivity index is 2.51. The Kier molecular flexibility index (Phi) is 4.00. The molecule has 1 aromatic rings. The van der Waals surface area contributed by atoms with Gasteiger partial charge in [-0.25, -0.2) is 0 Å². The minimum atomic E-state index is -1.17. The first kappa shape index (κ1) is 9.44. The van der Waals surface area contributed by atoms with Crippen molar-refractivity contribution in [2.24, 2.45) is 0 Å². The van der Waals surface area contributed by atoms with Crippen LogP contribution in [0, 0.1) is 0 Å². The number of nitrogens with one attached hydrogen (secondary N) is 1. The predicted molar refractivity (Wildman–Crippen MR) is 53.4 cm³/mol. The third-order valence-corrected chi connectivity index (χ3v) is 3.93. The highest BCUT2D eigenvalue weighted by Gasteiger charge is 2.07. The Morgan fingerprint density at radius 1 is 1.33 bits per heavy atom. The highest BCUT2D eigenvalue weighted by molar-refractivity contribution is 6.48. The molecule has 0 saturated carbocycles. The van der Waals surface area contributed by atoms with E-state index in [2.05, 4.69) is 29.2 Å². The SMILES string of the molecule is CN[SiH](Cc1ccccc1)OC. The summed E-state index contributed by atoms with van der Waals surface area (Å²) in [5.41, 5.74) is 1.35. The molecule has 0 aromatic heterocycles. The summed E-state index contributed by atoms with van der Waals surface area (Å²) in [6.07, 6.45) is 0. The molecule has 2 nitrogen and oxygen atoms in total. The van der Waals surface area contributed by atoms with E-state index in [1.807, 2.05) is 13.1 Å². The van der Waals surface area contributed by atoms with Gasteiger partial charge in [-0.05, 0) is 12.6 Å². The second kappa shape index (κ2) is 5.08. The van der Waals surface area contributed by atoms with Crippen LogP contribution < -0.4 is 4.98 Å². The Morgan fingerprint density at radius 3 is 2.50 bits per heavy atom. The first-order valence-corrected chi connectivity index (χ1v) is 5.97. The zero-order valence-electron chi connectivity index (χ0n) is 7.58. The Morgan fingerprint density at radius 2 is 2.00 bits per heavy atom. The summed E-state index contributed by atoms with van der Waals surface area (Å²) in [6.45, 7) is 0. The Labute approximate surface area is 75.4 Å². The maximum absolute atomic E-state index is 5.33. The zero-order chi connectivity index (χ0) is 8.81. The van der Waals surface area contributed by atoms with E-state index in [9.17, 15) is 0 Å². The van der Waals surface area contributed by atoms with E-state index < -0.39 is 9.20 Å². The van der Waals surface area contributed by atoms with E-state index in [4.69, 9.17) is 4.43 Å². The molecule has 0 aliphatic heterocycles. The van der Waals surface area contributed by atoms with Gasteiger partial charge < -0.3 is 9.41 Å². The zero-order valence-corrected chi connectivity index (χ0v) is 8.73. The van der Waals surface area contributed by atoms with Gasteiger partial charge in [-0.2, -0.15) is 0 Å². The quantitative estimate of drug-likeness (QED) is 0.696. The third kappa shape index (κ3) is 2.77. The minimum Gasteiger partial charge on any atom is -0.409 e. The molecule has 0 aliphatic carbocycles. The van der Waals surface area contributed by atoms with Crippen molar-refractivity contribution in [1.82, 2.24) is 4.98 Å². The second-order valence-electron chi connectivity index (χ2n) is 2.70. The van der Waals surface area contributed by atoms with Gasteiger partial charge in [0, 0.05) is 13.2 Å². The van der Waals surface area contributed by atoms with Crippen LogP contribution in [-0.2, 0) is 10.5 Å². The normalized spacial score (nSPS) is 12.8. The van der Waals surface area contributed by atoms with Gasteiger partial charge in [-0.1, -0.05) is 30.3 Å². The second-order valence-corrected chi connectivity index (χ2v) is 5.14. The molecule has 0 aliphatic rings. The van der Waals surface area contributed by atoms with Gasteiger partial charge in [0.1, 0.15) is 0 Å². The summed E-state index contributed by atoms with van der Waals surface area (Å²) in [6, 6.07) is 11.5. The van der Waals surface area contributed by atoms with Crippen molar-refractivity contribution < 1.29 is 4.43 Å². The van der Waals surface area contributed by atoms with E-state index >= 15 is 0 Å².